The zero-order valence-electron chi connectivity index (χ0n) is 17.0. The van der Waals surface area contributed by atoms with Crippen molar-refractivity contribution in [1.82, 2.24) is 0 Å². The number of hydrogen-bond acceptors (Lipinski definition) is 2. The summed E-state index contributed by atoms with van der Waals surface area (Å²) in [6, 6.07) is 0. The Morgan fingerprint density at radius 3 is 2.67 bits per heavy atom. The van der Waals surface area contributed by atoms with Crippen molar-refractivity contribution in [3.05, 3.63) is 11.6 Å². The van der Waals surface area contributed by atoms with Gasteiger partial charge in [-0.15, -0.1) is 0 Å². The molecule has 1 fully saturated rings. The molecule has 2 nitrogen and oxygen atoms in total. The summed E-state index contributed by atoms with van der Waals surface area (Å²) < 4.78 is 6.33. The quantitative estimate of drug-likeness (QED) is 0.408. The van der Waals surface area contributed by atoms with Crippen molar-refractivity contribution in [3.63, 3.8) is 0 Å². The summed E-state index contributed by atoms with van der Waals surface area (Å²) in [5.41, 5.74) is 1.71. The van der Waals surface area contributed by atoms with Crippen molar-refractivity contribution in [2.45, 2.75) is 97.9 Å². The van der Waals surface area contributed by atoms with E-state index in [-0.39, 0.29) is 16.9 Å². The molecular formula is C21H38O2Si. The van der Waals surface area contributed by atoms with Crippen molar-refractivity contribution < 1.29 is 9.22 Å². The lowest BCUT2D eigenvalue weighted by Crippen LogP contribution is -2.38. The Hall–Kier alpha value is -0.413. The molecule has 0 aromatic heterocycles. The lowest BCUT2D eigenvalue weighted by Gasteiger charge is -2.40. The standard InChI is InChI=1S/C21H38O2Si/c1-16(10-8-14-20(2,3)23-24(5,6)7)17-12-13-18-19(22)11-9-15-21(17,18)4/h12,16,18H,8-11,13-15H2,1-7H3/t16-,18?,21-/m1/s1. The zero-order valence-corrected chi connectivity index (χ0v) is 18.0. The predicted octanol–water partition coefficient (Wildman–Crippen LogP) is 6.13. The third-order valence-corrected chi connectivity index (χ3v) is 7.20. The first-order valence-electron chi connectivity index (χ1n) is 9.88. The van der Waals surface area contributed by atoms with E-state index in [1.807, 2.05) is 0 Å². The maximum Gasteiger partial charge on any atom is 0.184 e. The number of hydrogen-bond donors (Lipinski definition) is 0. The third kappa shape index (κ3) is 4.60. The Balaban J connectivity index is 1.89. The number of carbonyl (C=O) groups is 1. The van der Waals surface area contributed by atoms with Crippen LogP contribution in [0.25, 0.3) is 0 Å². The van der Waals surface area contributed by atoms with Crippen molar-refractivity contribution in [2.75, 3.05) is 0 Å². The zero-order chi connectivity index (χ0) is 18.2. The molecule has 2 aliphatic carbocycles. The van der Waals surface area contributed by atoms with Crippen molar-refractivity contribution in [3.8, 4) is 0 Å². The molecule has 0 aliphatic heterocycles. The molecule has 0 bridgehead atoms. The van der Waals surface area contributed by atoms with Gasteiger partial charge in [0.1, 0.15) is 5.78 Å². The highest BCUT2D eigenvalue weighted by molar-refractivity contribution is 6.69. The van der Waals surface area contributed by atoms with Crippen LogP contribution in [0.2, 0.25) is 19.6 Å². The SMILES string of the molecule is C[C@H](CCCC(C)(C)O[Si](C)(C)C)C1=CCC2C(=O)CCC[C@]12C. The van der Waals surface area contributed by atoms with Crippen LogP contribution in [0.4, 0.5) is 0 Å². The normalized spacial score (nSPS) is 29.4. The van der Waals surface area contributed by atoms with Gasteiger partial charge in [0, 0.05) is 12.3 Å². The van der Waals surface area contributed by atoms with Crippen molar-refractivity contribution in [1.29, 1.82) is 0 Å². The summed E-state index contributed by atoms with van der Waals surface area (Å²) in [5, 5.41) is 0. The van der Waals surface area contributed by atoms with Crippen LogP contribution in [0, 0.1) is 17.3 Å². The first kappa shape index (κ1) is 19.9. The highest BCUT2D eigenvalue weighted by Crippen LogP contribution is 2.53. The molecule has 1 saturated carbocycles. The minimum absolute atomic E-state index is 0.0124. The predicted molar refractivity (Wildman–Crippen MR) is 105 cm³/mol. The van der Waals surface area contributed by atoms with Crippen molar-refractivity contribution in [2.24, 2.45) is 17.3 Å². The maximum atomic E-state index is 12.3. The monoisotopic (exact) mass is 350 g/mol. The van der Waals surface area contributed by atoms with Crippen LogP contribution in [0.3, 0.4) is 0 Å². The fourth-order valence-electron chi connectivity index (χ4n) is 5.18. The summed E-state index contributed by atoms with van der Waals surface area (Å²) >= 11 is 0. The average molecular weight is 351 g/mol. The molecule has 0 aromatic carbocycles. The van der Waals surface area contributed by atoms with Crippen LogP contribution in [-0.4, -0.2) is 19.7 Å². The Kier molecular flexibility index (Phi) is 5.86. The molecule has 0 saturated heterocycles. The van der Waals surface area contributed by atoms with Crippen LogP contribution in [0.1, 0.15) is 72.6 Å². The second kappa shape index (κ2) is 7.07. The Labute approximate surface area is 150 Å². The largest absolute Gasteiger partial charge is 0.413 e. The average Bonchev–Trinajstić information content (AvgIpc) is 2.74. The first-order valence-corrected chi connectivity index (χ1v) is 13.3. The molecule has 0 N–H and O–H groups in total. The summed E-state index contributed by atoms with van der Waals surface area (Å²) in [4.78, 5) is 12.3. The number of allylic oxidation sites excluding steroid dienone is 2. The first-order chi connectivity index (χ1) is 10.9. The van der Waals surface area contributed by atoms with E-state index in [4.69, 9.17) is 4.43 Å². The van der Waals surface area contributed by atoms with Crippen LogP contribution in [0.15, 0.2) is 11.6 Å². The molecule has 0 radical (unpaired) electrons. The number of ketones is 1. The molecule has 0 heterocycles. The number of carbonyl (C=O) groups excluding carboxylic acids is 1. The van der Waals surface area contributed by atoms with E-state index in [2.05, 4.69) is 53.4 Å². The second-order valence-electron chi connectivity index (χ2n) is 9.95. The fourth-order valence-corrected chi connectivity index (χ4v) is 6.94. The van der Waals surface area contributed by atoms with Gasteiger partial charge in [0.15, 0.2) is 8.32 Å². The second-order valence-corrected chi connectivity index (χ2v) is 14.4. The lowest BCUT2D eigenvalue weighted by molar-refractivity contribution is -0.128. The van der Waals surface area contributed by atoms with E-state index in [1.165, 1.54) is 19.3 Å². The minimum Gasteiger partial charge on any atom is -0.413 e. The molecule has 1 unspecified atom stereocenters. The number of rotatable bonds is 7. The molecule has 24 heavy (non-hydrogen) atoms. The van der Waals surface area contributed by atoms with E-state index >= 15 is 0 Å². The van der Waals surface area contributed by atoms with Gasteiger partial charge in [-0.3, -0.25) is 4.79 Å². The van der Waals surface area contributed by atoms with Gasteiger partial charge >= 0.3 is 0 Å². The van der Waals surface area contributed by atoms with E-state index in [1.54, 1.807) is 5.57 Å². The highest BCUT2D eigenvalue weighted by atomic mass is 28.4. The molecule has 3 atom stereocenters. The molecule has 3 heteroatoms. The van der Waals surface area contributed by atoms with Gasteiger partial charge in [-0.25, -0.2) is 0 Å². The molecule has 138 valence electrons. The van der Waals surface area contributed by atoms with Gasteiger partial charge in [-0.2, -0.15) is 0 Å². The smallest absolute Gasteiger partial charge is 0.184 e. The molecule has 0 aromatic rings. The maximum absolute atomic E-state index is 12.3. The van der Waals surface area contributed by atoms with Gasteiger partial charge < -0.3 is 4.43 Å². The van der Waals surface area contributed by atoms with Crippen LogP contribution >= 0.6 is 0 Å². The fraction of sp³-hybridized carbons (Fsp3) is 0.857. The van der Waals surface area contributed by atoms with Crippen molar-refractivity contribution >= 4 is 14.1 Å². The lowest BCUT2D eigenvalue weighted by atomic mass is 9.63. The number of Topliss-reactive ketones (excluding diaryl/α,β-unsaturated/α-hetero) is 1. The highest BCUT2D eigenvalue weighted by Gasteiger charge is 2.47. The topological polar surface area (TPSA) is 26.3 Å². The molecular weight excluding hydrogens is 312 g/mol. The Bertz CT molecular complexity index is 500. The molecule has 0 spiro atoms. The molecule has 0 amide bonds. The van der Waals surface area contributed by atoms with E-state index in [0.29, 0.717) is 11.7 Å². The Morgan fingerprint density at radius 2 is 2.04 bits per heavy atom. The summed E-state index contributed by atoms with van der Waals surface area (Å²) in [5.74, 6) is 1.37. The van der Waals surface area contributed by atoms with Gasteiger partial charge in [0.25, 0.3) is 0 Å². The summed E-state index contributed by atoms with van der Waals surface area (Å²) in [6.07, 6.45) is 10.00. The van der Waals surface area contributed by atoms with E-state index < -0.39 is 8.32 Å². The van der Waals surface area contributed by atoms with Crippen LogP contribution in [0.5, 0.6) is 0 Å². The molecule has 2 aliphatic rings. The van der Waals surface area contributed by atoms with Gasteiger partial charge in [0.05, 0.1) is 5.60 Å². The van der Waals surface area contributed by atoms with E-state index in [9.17, 15) is 4.79 Å². The van der Waals surface area contributed by atoms with Gasteiger partial charge in [-0.1, -0.05) is 31.9 Å². The van der Waals surface area contributed by atoms with Crippen LogP contribution in [-0.2, 0) is 9.22 Å². The summed E-state index contributed by atoms with van der Waals surface area (Å²) in [7, 11) is -1.49. The van der Waals surface area contributed by atoms with E-state index in [0.717, 1.165) is 25.7 Å². The summed E-state index contributed by atoms with van der Waals surface area (Å²) in [6.45, 7) is 16.0. The van der Waals surface area contributed by atoms with Crippen LogP contribution < -0.4 is 0 Å². The third-order valence-electron chi connectivity index (χ3n) is 6.04. The minimum atomic E-state index is -1.49. The Morgan fingerprint density at radius 1 is 1.38 bits per heavy atom. The van der Waals surface area contributed by atoms with Gasteiger partial charge in [-0.05, 0) is 76.9 Å². The molecule has 2 rings (SSSR count). The van der Waals surface area contributed by atoms with Gasteiger partial charge in [0.2, 0.25) is 0 Å². The number of fused-ring (bicyclic) bond motifs is 1.